The number of carbonyl (C=O) groups is 1. The summed E-state index contributed by atoms with van der Waals surface area (Å²) in [6.45, 7) is 20.8. The molecule has 1 amide bonds. The van der Waals surface area contributed by atoms with Gasteiger partial charge in [0.2, 0.25) is 0 Å². The van der Waals surface area contributed by atoms with E-state index in [-0.39, 0.29) is 47.7 Å². The van der Waals surface area contributed by atoms with Crippen LogP contribution in [-0.4, -0.2) is 104 Å². The van der Waals surface area contributed by atoms with Crippen molar-refractivity contribution in [1.29, 1.82) is 0 Å². The van der Waals surface area contributed by atoms with Crippen LogP contribution < -0.4 is 19.7 Å². The summed E-state index contributed by atoms with van der Waals surface area (Å²) in [5.41, 5.74) is 3.17. The number of piperidine rings is 1. The van der Waals surface area contributed by atoms with Crippen molar-refractivity contribution in [1.82, 2.24) is 25.2 Å². The number of halogens is 3. The molecule has 5 heterocycles. The second kappa shape index (κ2) is 16.7. The summed E-state index contributed by atoms with van der Waals surface area (Å²) in [5.74, 6) is 2.93. The number of nitrogens with one attached hydrogen (secondary N) is 1. The second-order valence-electron chi connectivity index (χ2n) is 20.1. The minimum absolute atomic E-state index is 0.0449. The van der Waals surface area contributed by atoms with E-state index in [2.05, 4.69) is 63.2 Å². The van der Waals surface area contributed by atoms with Gasteiger partial charge in [0.05, 0.1) is 22.0 Å². The van der Waals surface area contributed by atoms with E-state index in [1.165, 1.54) is 13.2 Å². The van der Waals surface area contributed by atoms with Crippen molar-refractivity contribution < 1.29 is 36.9 Å². The zero-order valence-electron chi connectivity index (χ0n) is 38.3. The Morgan fingerprint density at radius 1 is 1.03 bits per heavy atom. The van der Waals surface area contributed by atoms with Crippen molar-refractivity contribution in [2.24, 2.45) is 5.92 Å². The lowest BCUT2D eigenvalue weighted by atomic mass is 9.95. The van der Waals surface area contributed by atoms with Gasteiger partial charge in [-0.25, -0.2) is 18.0 Å². The van der Waals surface area contributed by atoms with E-state index in [1.54, 1.807) is 24.4 Å². The van der Waals surface area contributed by atoms with Gasteiger partial charge in [-0.2, -0.15) is 9.97 Å². The maximum atomic E-state index is 17.8. The number of rotatable bonds is 12. The summed E-state index contributed by atoms with van der Waals surface area (Å²) in [6, 6.07) is 6.38. The van der Waals surface area contributed by atoms with Crippen LogP contribution in [0, 0.1) is 29.0 Å². The standard InChI is InChI=1S/C48H61F3N6O5Si/c1-28(2)63(29(3)4,30(5)6)17-14-35-38(50)13-12-31-18-34(61-27-59-10)19-36(39(31)35)41-40(51)42-37(22-52-41)43(56-23-32-20-48(32,25-56)55-45(58)62-46(7,8)9)54-44(53-42)60-26-47-15-11-16-57(47)24-33(49)21-47/h12-13,18-19,22,28-30,32-33H,11,15-16,20-21,23-27H2,1-10H3,(H,55,58)/t32?,33-,47+,48-/m1/s1. The molecule has 0 radical (unpaired) electrons. The number of amides is 1. The summed E-state index contributed by atoms with van der Waals surface area (Å²) in [4.78, 5) is 31.5. The first-order chi connectivity index (χ1) is 29.8. The number of alkyl halides is 1. The quantitative estimate of drug-likeness (QED) is 0.0839. The molecule has 63 heavy (non-hydrogen) atoms. The molecule has 15 heteroatoms. The lowest BCUT2D eigenvalue weighted by Gasteiger charge is -2.38. The summed E-state index contributed by atoms with van der Waals surface area (Å²) in [6.07, 6.45) is 2.88. The maximum Gasteiger partial charge on any atom is 0.408 e. The number of alkyl carbamates (subject to hydrolysis) is 1. The molecule has 3 aliphatic heterocycles. The van der Waals surface area contributed by atoms with Crippen LogP contribution in [0.3, 0.4) is 0 Å². The Balaban J connectivity index is 1.28. The predicted octanol–water partition coefficient (Wildman–Crippen LogP) is 9.73. The molecular weight excluding hydrogens is 826 g/mol. The first kappa shape index (κ1) is 44.9. The van der Waals surface area contributed by atoms with Crippen LogP contribution in [0.2, 0.25) is 16.6 Å². The molecule has 1 saturated carbocycles. The molecule has 0 bridgehead atoms. The number of nitrogens with zero attached hydrogens (tertiary/aromatic N) is 5. The van der Waals surface area contributed by atoms with E-state index in [1.807, 2.05) is 25.7 Å². The fourth-order valence-corrected chi connectivity index (χ4v) is 16.3. The summed E-state index contributed by atoms with van der Waals surface area (Å²) in [5, 5.41) is 4.43. The SMILES string of the molecule is COCOc1cc(-c2ncc3c(N4CC5C[C@@]5(NC(=O)OC(C)(C)C)C4)nc(OC[C@@]45CCCN4C[C@H](F)C5)nc3c2F)c2c(C#C[Si](C(C)C)(C(C)C)C(C)C)c(F)ccc2c1. The van der Waals surface area contributed by atoms with E-state index in [0.29, 0.717) is 70.4 Å². The van der Waals surface area contributed by atoms with E-state index in [9.17, 15) is 9.18 Å². The fraction of sp³-hybridized carbons (Fsp3) is 0.583. The Hall–Kier alpha value is -4.65. The second-order valence-corrected chi connectivity index (χ2v) is 25.7. The topological polar surface area (TPSA) is 111 Å². The maximum absolute atomic E-state index is 17.8. The molecule has 1 unspecified atom stereocenters. The van der Waals surface area contributed by atoms with E-state index in [0.717, 1.165) is 25.8 Å². The lowest BCUT2D eigenvalue weighted by Crippen LogP contribution is -2.45. The number of hydrogen-bond donors (Lipinski definition) is 1. The van der Waals surface area contributed by atoms with Gasteiger partial charge in [0.1, 0.15) is 55.0 Å². The van der Waals surface area contributed by atoms with E-state index >= 15 is 8.78 Å². The molecule has 1 aliphatic carbocycles. The highest BCUT2D eigenvalue weighted by atomic mass is 28.3. The largest absolute Gasteiger partial charge is 0.468 e. The Bertz CT molecular complexity index is 2470. The zero-order valence-corrected chi connectivity index (χ0v) is 39.3. The van der Waals surface area contributed by atoms with Crippen molar-refractivity contribution >= 4 is 41.7 Å². The number of aromatic nitrogens is 3. The van der Waals surface area contributed by atoms with Crippen LogP contribution in [0.25, 0.3) is 32.9 Å². The molecular formula is C48H61F3N6O5Si. The number of fused-ring (bicyclic) bond motifs is 4. The minimum Gasteiger partial charge on any atom is -0.468 e. The van der Waals surface area contributed by atoms with Crippen LogP contribution in [0.15, 0.2) is 30.5 Å². The number of methoxy groups -OCH3 is 1. The van der Waals surface area contributed by atoms with Crippen LogP contribution >= 0.6 is 0 Å². The molecule has 8 rings (SSSR count). The van der Waals surface area contributed by atoms with Crippen molar-refractivity contribution in [2.75, 3.05) is 51.6 Å². The highest BCUT2D eigenvalue weighted by Crippen LogP contribution is 2.52. The number of benzene rings is 2. The van der Waals surface area contributed by atoms with Crippen LogP contribution in [-0.2, 0) is 9.47 Å². The number of carbonyl (C=O) groups excluding carboxylic acids is 1. The summed E-state index contributed by atoms with van der Waals surface area (Å²) in [7, 11) is -0.818. The highest BCUT2D eigenvalue weighted by molar-refractivity contribution is 6.90. The lowest BCUT2D eigenvalue weighted by molar-refractivity contribution is 0.0497. The van der Waals surface area contributed by atoms with Gasteiger partial charge in [-0.05, 0) is 86.8 Å². The molecule has 338 valence electrons. The van der Waals surface area contributed by atoms with Crippen LogP contribution in [0.1, 0.15) is 93.6 Å². The van der Waals surface area contributed by atoms with Gasteiger partial charge in [0, 0.05) is 56.2 Å². The molecule has 3 saturated heterocycles. The van der Waals surface area contributed by atoms with Crippen molar-refractivity contribution in [2.45, 2.75) is 127 Å². The van der Waals surface area contributed by atoms with Gasteiger partial charge in [-0.1, -0.05) is 53.5 Å². The minimum atomic E-state index is -2.32. The number of ether oxygens (including phenoxy) is 4. The monoisotopic (exact) mass is 886 g/mol. The van der Waals surface area contributed by atoms with E-state index < -0.39 is 48.7 Å². The molecule has 4 atom stereocenters. The molecule has 11 nitrogen and oxygen atoms in total. The average Bonchev–Trinajstić information content (AvgIpc) is 3.42. The van der Waals surface area contributed by atoms with Gasteiger partial charge in [-0.3, -0.25) is 9.88 Å². The Morgan fingerprint density at radius 2 is 1.78 bits per heavy atom. The average molecular weight is 887 g/mol. The van der Waals surface area contributed by atoms with Gasteiger partial charge in [0.15, 0.2) is 12.6 Å². The van der Waals surface area contributed by atoms with Crippen LogP contribution in [0.4, 0.5) is 23.8 Å². The van der Waals surface area contributed by atoms with Crippen molar-refractivity contribution in [3.8, 4) is 34.5 Å². The third-order valence-electron chi connectivity index (χ3n) is 14.0. The van der Waals surface area contributed by atoms with Gasteiger partial charge in [0.25, 0.3) is 0 Å². The van der Waals surface area contributed by atoms with Gasteiger partial charge in [-0.15, -0.1) is 5.54 Å². The van der Waals surface area contributed by atoms with E-state index in [4.69, 9.17) is 33.9 Å². The Labute approximate surface area is 369 Å². The highest BCUT2D eigenvalue weighted by Gasteiger charge is 2.62. The zero-order chi connectivity index (χ0) is 45.2. The number of hydrogen-bond acceptors (Lipinski definition) is 10. The third kappa shape index (κ3) is 8.32. The normalized spacial score (nSPS) is 23.4. The summed E-state index contributed by atoms with van der Waals surface area (Å²) < 4.78 is 72.1. The Kier molecular flexibility index (Phi) is 11.9. The number of anilines is 1. The first-order valence-corrected chi connectivity index (χ1v) is 24.6. The molecule has 4 aromatic rings. The predicted molar refractivity (Wildman–Crippen MR) is 242 cm³/mol. The fourth-order valence-electron chi connectivity index (χ4n) is 11.0. The third-order valence-corrected chi connectivity index (χ3v) is 20.3. The molecule has 2 aromatic heterocycles. The Morgan fingerprint density at radius 3 is 2.48 bits per heavy atom. The summed E-state index contributed by atoms with van der Waals surface area (Å²) >= 11 is 0. The number of pyridine rings is 1. The first-order valence-electron chi connectivity index (χ1n) is 22.4. The molecule has 4 fully saturated rings. The smallest absolute Gasteiger partial charge is 0.408 e. The molecule has 4 aliphatic rings. The van der Waals surface area contributed by atoms with Crippen molar-refractivity contribution in [3.05, 3.63) is 47.7 Å². The molecule has 0 spiro atoms. The molecule has 2 aromatic carbocycles. The van der Waals surface area contributed by atoms with Crippen LogP contribution in [0.5, 0.6) is 11.8 Å². The van der Waals surface area contributed by atoms with Crippen molar-refractivity contribution in [3.63, 3.8) is 0 Å². The molecule has 1 N–H and O–H groups in total. The van der Waals surface area contributed by atoms with Gasteiger partial charge >= 0.3 is 12.1 Å². The van der Waals surface area contributed by atoms with Gasteiger partial charge < -0.3 is 29.2 Å².